The number of nitrogens with one attached hydrogen (secondary N) is 1. The van der Waals surface area contributed by atoms with Crippen molar-refractivity contribution in [2.24, 2.45) is 0 Å². The normalized spacial score (nSPS) is 28.6. The molecule has 1 fully saturated rings. The van der Waals surface area contributed by atoms with E-state index in [1.165, 1.54) is 0 Å². The molecule has 1 aromatic rings. The fourth-order valence-corrected chi connectivity index (χ4v) is 0.537. The number of halogens is 1. The second-order valence-electron chi connectivity index (χ2n) is 1.95. The Morgan fingerprint density at radius 2 is 2.30 bits per heavy atom. The quantitative estimate of drug-likeness (QED) is 0.460. The molecule has 0 amide bonds. The molecule has 1 aliphatic heterocycles. The van der Waals surface area contributed by atoms with Crippen LogP contribution >= 0.6 is 11.6 Å². The Bertz CT molecular complexity index is 143. The van der Waals surface area contributed by atoms with Gasteiger partial charge in [0.2, 0.25) is 0 Å². The van der Waals surface area contributed by atoms with Crippen molar-refractivity contribution in [1.82, 2.24) is 9.97 Å². The van der Waals surface area contributed by atoms with Gasteiger partial charge in [0.05, 0.1) is 12.4 Å². The van der Waals surface area contributed by atoms with E-state index < -0.39 is 0 Å². The van der Waals surface area contributed by atoms with Crippen molar-refractivity contribution >= 4 is 11.6 Å². The number of ether oxygens (including phenoxy) is 1. The average molecular weight is 161 g/mol. The minimum atomic E-state index is 0.0231. The summed E-state index contributed by atoms with van der Waals surface area (Å²) in [7, 11) is 0. The Balaban J connectivity index is 0.0000001000. The highest BCUT2D eigenvalue weighted by Crippen LogP contribution is 2.23. The Kier molecular flexibility index (Phi) is 2.71. The van der Waals surface area contributed by atoms with Gasteiger partial charge in [-0.1, -0.05) is 11.6 Å². The number of hydrogen-bond acceptors (Lipinski definition) is 2. The van der Waals surface area contributed by atoms with E-state index in [1.54, 1.807) is 18.7 Å². The van der Waals surface area contributed by atoms with Gasteiger partial charge in [-0.05, 0) is 6.92 Å². The van der Waals surface area contributed by atoms with Gasteiger partial charge in [0.15, 0.2) is 5.56 Å². The summed E-state index contributed by atoms with van der Waals surface area (Å²) in [6.07, 6.45) is 5.40. The zero-order valence-corrected chi connectivity index (χ0v) is 6.38. The van der Waals surface area contributed by atoms with E-state index >= 15 is 0 Å². The van der Waals surface area contributed by atoms with Gasteiger partial charge in [0.25, 0.3) is 0 Å². The maximum atomic E-state index is 5.31. The Hall–Kier alpha value is -0.540. The predicted molar refractivity (Wildman–Crippen MR) is 38.8 cm³/mol. The highest BCUT2D eigenvalue weighted by molar-refractivity contribution is 6.21. The van der Waals surface area contributed by atoms with Gasteiger partial charge in [-0.2, -0.15) is 0 Å². The maximum Gasteiger partial charge on any atom is 0.157 e. The van der Waals surface area contributed by atoms with Gasteiger partial charge in [0.1, 0.15) is 0 Å². The number of hydrogen-bond donors (Lipinski definition) is 1. The monoisotopic (exact) mass is 160 g/mol. The Labute approximate surface area is 64.4 Å². The summed E-state index contributed by atoms with van der Waals surface area (Å²) in [4.78, 5) is 6.42. The summed E-state index contributed by atoms with van der Waals surface area (Å²) in [5.41, 5.74) is 0.0231. The summed E-state index contributed by atoms with van der Waals surface area (Å²) in [5.74, 6) is 0. The smallest absolute Gasteiger partial charge is 0.157 e. The lowest BCUT2D eigenvalue weighted by Crippen LogP contribution is -1.69. The van der Waals surface area contributed by atoms with E-state index in [2.05, 4.69) is 14.7 Å². The number of aromatic amines is 1. The fourth-order valence-electron chi connectivity index (χ4n) is 0.375. The van der Waals surface area contributed by atoms with Crippen LogP contribution in [0, 0.1) is 0 Å². The van der Waals surface area contributed by atoms with Crippen molar-refractivity contribution in [2.45, 2.75) is 18.6 Å². The lowest BCUT2D eigenvalue weighted by molar-refractivity contribution is 0.411. The van der Waals surface area contributed by atoms with Crippen LogP contribution in [0.2, 0.25) is 0 Å². The third-order valence-corrected chi connectivity index (χ3v) is 1.50. The van der Waals surface area contributed by atoms with Crippen molar-refractivity contribution in [3.8, 4) is 0 Å². The number of nitrogens with zero attached hydrogens (tertiary/aromatic N) is 1. The molecule has 0 bridgehead atoms. The van der Waals surface area contributed by atoms with E-state index in [-0.39, 0.29) is 5.56 Å². The van der Waals surface area contributed by atoms with Crippen molar-refractivity contribution in [2.75, 3.05) is 0 Å². The van der Waals surface area contributed by atoms with E-state index in [0.717, 1.165) is 0 Å². The molecular formula is C6H9ClN2O. The van der Waals surface area contributed by atoms with Gasteiger partial charge in [0, 0.05) is 12.4 Å². The molecule has 1 saturated heterocycles. The lowest BCUT2D eigenvalue weighted by atomic mass is 10.6. The van der Waals surface area contributed by atoms with Crippen LogP contribution in [0.3, 0.4) is 0 Å². The second kappa shape index (κ2) is 3.58. The molecule has 4 heteroatoms. The van der Waals surface area contributed by atoms with Crippen LogP contribution in [0.25, 0.3) is 0 Å². The van der Waals surface area contributed by atoms with E-state index in [4.69, 9.17) is 11.6 Å². The number of imidazole rings is 1. The SMILES string of the molecule is CC1OC1Cl.c1c[nH]cn1. The first-order chi connectivity index (χ1) is 4.80. The first-order valence-corrected chi connectivity index (χ1v) is 3.46. The molecule has 3 nitrogen and oxygen atoms in total. The number of aromatic nitrogens is 2. The van der Waals surface area contributed by atoms with Crippen molar-refractivity contribution in [3.63, 3.8) is 0 Å². The second-order valence-corrected chi connectivity index (χ2v) is 2.38. The molecule has 0 radical (unpaired) electrons. The fraction of sp³-hybridized carbons (Fsp3) is 0.500. The predicted octanol–water partition coefficient (Wildman–Crippen LogP) is 1.38. The molecule has 1 aromatic heterocycles. The first-order valence-electron chi connectivity index (χ1n) is 3.03. The molecule has 2 heterocycles. The molecular weight excluding hydrogens is 152 g/mol. The van der Waals surface area contributed by atoms with Crippen LogP contribution in [-0.2, 0) is 4.74 Å². The largest absolute Gasteiger partial charge is 0.353 e. The summed E-state index contributed by atoms with van der Waals surface area (Å²) in [6.45, 7) is 1.94. The molecule has 56 valence electrons. The summed E-state index contributed by atoms with van der Waals surface area (Å²) < 4.78 is 4.68. The van der Waals surface area contributed by atoms with E-state index in [0.29, 0.717) is 6.10 Å². The maximum absolute atomic E-state index is 5.31. The van der Waals surface area contributed by atoms with Crippen LogP contribution in [0.1, 0.15) is 6.92 Å². The van der Waals surface area contributed by atoms with Crippen LogP contribution in [0.15, 0.2) is 18.7 Å². The number of epoxide rings is 1. The molecule has 0 aromatic carbocycles. The van der Waals surface area contributed by atoms with Crippen molar-refractivity contribution in [3.05, 3.63) is 18.7 Å². The molecule has 1 N–H and O–H groups in total. The topological polar surface area (TPSA) is 41.2 Å². The number of rotatable bonds is 0. The molecule has 2 unspecified atom stereocenters. The van der Waals surface area contributed by atoms with Crippen molar-refractivity contribution < 1.29 is 4.74 Å². The summed E-state index contributed by atoms with van der Waals surface area (Å²) in [5, 5.41) is 0. The Morgan fingerprint density at radius 1 is 1.70 bits per heavy atom. The van der Waals surface area contributed by atoms with E-state index in [1.807, 2.05) is 6.92 Å². The van der Waals surface area contributed by atoms with Crippen LogP contribution in [0.4, 0.5) is 0 Å². The number of alkyl halides is 1. The Morgan fingerprint density at radius 3 is 2.40 bits per heavy atom. The standard InChI is InChI=1S/C3H5ClO.C3H4N2/c1-2-3(4)5-2;1-2-5-3-4-1/h2-3H,1H3;1-3H,(H,4,5). The van der Waals surface area contributed by atoms with Crippen LogP contribution in [-0.4, -0.2) is 21.6 Å². The first kappa shape index (κ1) is 7.57. The lowest BCUT2D eigenvalue weighted by Gasteiger charge is -1.55. The van der Waals surface area contributed by atoms with Crippen LogP contribution in [0.5, 0.6) is 0 Å². The molecule has 1 aliphatic rings. The molecule has 10 heavy (non-hydrogen) atoms. The molecule has 0 spiro atoms. The van der Waals surface area contributed by atoms with Gasteiger partial charge in [-0.15, -0.1) is 0 Å². The molecule has 2 rings (SSSR count). The zero-order valence-electron chi connectivity index (χ0n) is 5.62. The number of H-pyrrole nitrogens is 1. The minimum absolute atomic E-state index is 0.0231. The van der Waals surface area contributed by atoms with Gasteiger partial charge in [-0.25, -0.2) is 4.98 Å². The molecule has 0 saturated carbocycles. The molecule has 0 aliphatic carbocycles. The third kappa shape index (κ3) is 2.85. The highest BCUT2D eigenvalue weighted by Gasteiger charge is 2.30. The summed E-state index contributed by atoms with van der Waals surface area (Å²) in [6, 6.07) is 0. The van der Waals surface area contributed by atoms with Crippen molar-refractivity contribution in [1.29, 1.82) is 0 Å². The molecule has 2 atom stereocenters. The third-order valence-electron chi connectivity index (χ3n) is 1.04. The van der Waals surface area contributed by atoms with Gasteiger partial charge < -0.3 is 9.72 Å². The highest BCUT2D eigenvalue weighted by atomic mass is 35.5. The minimum Gasteiger partial charge on any atom is -0.353 e. The van der Waals surface area contributed by atoms with Gasteiger partial charge in [-0.3, -0.25) is 0 Å². The zero-order chi connectivity index (χ0) is 7.40. The van der Waals surface area contributed by atoms with E-state index in [9.17, 15) is 0 Å². The van der Waals surface area contributed by atoms with Gasteiger partial charge >= 0.3 is 0 Å². The average Bonchev–Trinajstić information content (AvgIpc) is 2.40. The van der Waals surface area contributed by atoms with Crippen LogP contribution < -0.4 is 0 Å². The summed E-state index contributed by atoms with van der Waals surface area (Å²) >= 11 is 5.31.